The zero-order chi connectivity index (χ0) is 19.9. The minimum atomic E-state index is -0.266. The highest BCUT2D eigenvalue weighted by molar-refractivity contribution is 6.03. The van der Waals surface area contributed by atoms with Crippen LogP contribution >= 0.6 is 0 Å². The molecular weight excluding hydrogens is 352 g/mol. The molecule has 3 aromatic rings. The number of nitrogens with one attached hydrogen (secondary N) is 2. The van der Waals surface area contributed by atoms with Crippen LogP contribution < -0.4 is 15.4 Å². The molecule has 0 saturated carbocycles. The van der Waals surface area contributed by atoms with Crippen LogP contribution in [0.4, 0.5) is 11.5 Å². The van der Waals surface area contributed by atoms with E-state index in [-0.39, 0.29) is 11.6 Å². The van der Waals surface area contributed by atoms with E-state index in [4.69, 9.17) is 4.74 Å². The Labute approximate surface area is 165 Å². The minimum absolute atomic E-state index is 0.266. The number of anilines is 2. The molecule has 6 heteroatoms. The van der Waals surface area contributed by atoms with Crippen LogP contribution in [0.25, 0.3) is 0 Å². The molecule has 0 atom stereocenters. The second kappa shape index (κ2) is 8.99. The van der Waals surface area contributed by atoms with Crippen LogP contribution in [-0.2, 0) is 13.0 Å². The molecule has 0 aliphatic heterocycles. The standard InChI is InChI=1S/C22H24N4O2/c1-4-17-7-5-6-15(2)21(17)26-22(27)19-13-25-20(14-23-19)24-12-16-8-10-18(28-3)11-9-16/h5-11,13-14H,4,12H2,1-3H3,(H,24,25)(H,26,27). The van der Waals surface area contributed by atoms with Crippen LogP contribution in [0.1, 0.15) is 34.1 Å². The minimum Gasteiger partial charge on any atom is -0.497 e. The van der Waals surface area contributed by atoms with Gasteiger partial charge in [0.2, 0.25) is 0 Å². The Bertz CT molecular complexity index is 938. The Kier molecular flexibility index (Phi) is 6.22. The maximum Gasteiger partial charge on any atom is 0.275 e. The van der Waals surface area contributed by atoms with Gasteiger partial charge in [-0.2, -0.15) is 0 Å². The van der Waals surface area contributed by atoms with Gasteiger partial charge in [0.1, 0.15) is 17.3 Å². The number of para-hydroxylation sites is 1. The zero-order valence-electron chi connectivity index (χ0n) is 16.3. The fourth-order valence-electron chi connectivity index (χ4n) is 2.85. The monoisotopic (exact) mass is 376 g/mol. The third kappa shape index (κ3) is 4.65. The van der Waals surface area contributed by atoms with Gasteiger partial charge in [0.25, 0.3) is 5.91 Å². The van der Waals surface area contributed by atoms with Crippen LogP contribution in [0, 0.1) is 6.92 Å². The maximum atomic E-state index is 12.5. The van der Waals surface area contributed by atoms with E-state index in [0.29, 0.717) is 12.4 Å². The van der Waals surface area contributed by atoms with Crippen LogP contribution in [0.15, 0.2) is 54.9 Å². The lowest BCUT2D eigenvalue weighted by Gasteiger charge is -2.12. The van der Waals surface area contributed by atoms with Gasteiger partial charge >= 0.3 is 0 Å². The molecule has 3 rings (SSSR count). The highest BCUT2D eigenvalue weighted by atomic mass is 16.5. The summed E-state index contributed by atoms with van der Waals surface area (Å²) in [5.41, 5.74) is 4.34. The molecule has 144 valence electrons. The topological polar surface area (TPSA) is 76.1 Å². The average molecular weight is 376 g/mol. The van der Waals surface area contributed by atoms with Gasteiger partial charge < -0.3 is 15.4 Å². The molecular formula is C22H24N4O2. The van der Waals surface area contributed by atoms with E-state index in [1.807, 2.05) is 49.4 Å². The molecule has 0 spiro atoms. The van der Waals surface area contributed by atoms with Crippen molar-refractivity contribution in [2.75, 3.05) is 17.7 Å². The van der Waals surface area contributed by atoms with Gasteiger partial charge in [0, 0.05) is 12.2 Å². The second-order valence-electron chi connectivity index (χ2n) is 6.41. The van der Waals surface area contributed by atoms with E-state index < -0.39 is 0 Å². The summed E-state index contributed by atoms with van der Waals surface area (Å²) in [4.78, 5) is 21.1. The Morgan fingerprint density at radius 1 is 1.07 bits per heavy atom. The van der Waals surface area contributed by atoms with Crippen LogP contribution in [0.5, 0.6) is 5.75 Å². The first-order chi connectivity index (χ1) is 13.6. The van der Waals surface area contributed by atoms with Crippen molar-refractivity contribution in [2.24, 2.45) is 0 Å². The molecule has 0 fully saturated rings. The first-order valence-corrected chi connectivity index (χ1v) is 9.19. The number of hydrogen-bond donors (Lipinski definition) is 2. The van der Waals surface area contributed by atoms with Crippen molar-refractivity contribution in [2.45, 2.75) is 26.8 Å². The van der Waals surface area contributed by atoms with Gasteiger partial charge in [0.05, 0.1) is 19.5 Å². The predicted molar refractivity (Wildman–Crippen MR) is 111 cm³/mol. The lowest BCUT2D eigenvalue weighted by Crippen LogP contribution is -2.16. The molecule has 6 nitrogen and oxygen atoms in total. The van der Waals surface area contributed by atoms with Crippen molar-refractivity contribution in [3.63, 3.8) is 0 Å². The van der Waals surface area contributed by atoms with Gasteiger partial charge in [-0.05, 0) is 42.2 Å². The zero-order valence-corrected chi connectivity index (χ0v) is 16.3. The van der Waals surface area contributed by atoms with Gasteiger partial charge in [0.15, 0.2) is 0 Å². The molecule has 0 aliphatic carbocycles. The number of methoxy groups -OCH3 is 1. The molecule has 28 heavy (non-hydrogen) atoms. The number of hydrogen-bond acceptors (Lipinski definition) is 5. The predicted octanol–water partition coefficient (Wildman–Crippen LogP) is 4.22. The van der Waals surface area contributed by atoms with Gasteiger partial charge in [-0.3, -0.25) is 4.79 Å². The first-order valence-electron chi connectivity index (χ1n) is 9.19. The lowest BCUT2D eigenvalue weighted by atomic mass is 10.1. The van der Waals surface area contributed by atoms with Gasteiger partial charge in [-0.25, -0.2) is 9.97 Å². The van der Waals surface area contributed by atoms with Crippen LogP contribution in [0.3, 0.4) is 0 Å². The lowest BCUT2D eigenvalue weighted by molar-refractivity contribution is 0.102. The molecule has 0 saturated heterocycles. The van der Waals surface area contributed by atoms with Crippen molar-refractivity contribution in [3.05, 3.63) is 77.2 Å². The number of ether oxygens (including phenoxy) is 1. The molecule has 0 aliphatic rings. The largest absolute Gasteiger partial charge is 0.497 e. The van der Waals surface area contributed by atoms with E-state index in [1.165, 1.54) is 6.20 Å². The second-order valence-corrected chi connectivity index (χ2v) is 6.41. The SMILES string of the molecule is CCc1cccc(C)c1NC(=O)c1cnc(NCc2ccc(OC)cc2)cn1. The Morgan fingerprint density at radius 3 is 2.50 bits per heavy atom. The van der Waals surface area contributed by atoms with Crippen molar-refractivity contribution < 1.29 is 9.53 Å². The highest BCUT2D eigenvalue weighted by Gasteiger charge is 2.12. The summed E-state index contributed by atoms with van der Waals surface area (Å²) in [5, 5.41) is 6.16. The number of carbonyl (C=O) groups is 1. The molecule has 2 N–H and O–H groups in total. The van der Waals surface area contributed by atoms with Crippen LogP contribution in [-0.4, -0.2) is 23.0 Å². The first kappa shape index (κ1) is 19.4. The summed E-state index contributed by atoms with van der Waals surface area (Å²) in [5.74, 6) is 1.16. The van der Waals surface area contributed by atoms with E-state index in [2.05, 4.69) is 27.5 Å². The smallest absolute Gasteiger partial charge is 0.275 e. The third-order valence-corrected chi connectivity index (χ3v) is 4.50. The summed E-state index contributed by atoms with van der Waals surface area (Å²) in [6.45, 7) is 4.65. The summed E-state index contributed by atoms with van der Waals surface area (Å²) >= 11 is 0. The fraction of sp³-hybridized carbons (Fsp3) is 0.227. The van der Waals surface area contributed by atoms with E-state index in [1.54, 1.807) is 13.3 Å². The number of amides is 1. The number of carbonyl (C=O) groups excluding carboxylic acids is 1. The molecule has 1 aromatic heterocycles. The molecule has 2 aromatic carbocycles. The Hall–Kier alpha value is -3.41. The molecule has 0 unspecified atom stereocenters. The van der Waals surface area contributed by atoms with Crippen molar-refractivity contribution in [1.82, 2.24) is 9.97 Å². The number of rotatable bonds is 7. The summed E-state index contributed by atoms with van der Waals surface area (Å²) in [7, 11) is 1.64. The average Bonchev–Trinajstić information content (AvgIpc) is 2.74. The van der Waals surface area contributed by atoms with Gasteiger partial charge in [-0.1, -0.05) is 37.3 Å². The van der Waals surface area contributed by atoms with Crippen molar-refractivity contribution >= 4 is 17.4 Å². The summed E-state index contributed by atoms with van der Waals surface area (Å²) in [6, 6.07) is 13.8. The number of benzene rings is 2. The molecule has 0 radical (unpaired) electrons. The van der Waals surface area contributed by atoms with Crippen LogP contribution in [0.2, 0.25) is 0 Å². The fourth-order valence-corrected chi connectivity index (χ4v) is 2.85. The third-order valence-electron chi connectivity index (χ3n) is 4.50. The Morgan fingerprint density at radius 2 is 1.86 bits per heavy atom. The van der Waals surface area contributed by atoms with Crippen molar-refractivity contribution in [1.29, 1.82) is 0 Å². The summed E-state index contributed by atoms with van der Waals surface area (Å²) in [6.07, 6.45) is 3.89. The maximum absolute atomic E-state index is 12.5. The van der Waals surface area contributed by atoms with E-state index >= 15 is 0 Å². The normalized spacial score (nSPS) is 10.4. The van der Waals surface area contributed by atoms with E-state index in [9.17, 15) is 4.79 Å². The number of nitrogens with zero attached hydrogens (tertiary/aromatic N) is 2. The Balaban J connectivity index is 1.62. The highest BCUT2D eigenvalue weighted by Crippen LogP contribution is 2.21. The van der Waals surface area contributed by atoms with Crippen molar-refractivity contribution in [3.8, 4) is 5.75 Å². The molecule has 1 heterocycles. The number of aryl methyl sites for hydroxylation is 2. The molecule has 0 bridgehead atoms. The number of aromatic nitrogens is 2. The van der Waals surface area contributed by atoms with Gasteiger partial charge in [-0.15, -0.1) is 0 Å². The molecule has 1 amide bonds. The van der Waals surface area contributed by atoms with E-state index in [0.717, 1.165) is 34.5 Å². The quantitative estimate of drug-likeness (QED) is 0.646. The summed E-state index contributed by atoms with van der Waals surface area (Å²) < 4.78 is 5.15.